The molecular weight excluding hydrogens is 308 g/mol. The molecule has 0 unspecified atom stereocenters. The Balaban J connectivity index is 2.40. The van der Waals surface area contributed by atoms with Gasteiger partial charge >= 0.3 is 0 Å². The van der Waals surface area contributed by atoms with Crippen molar-refractivity contribution in [3.63, 3.8) is 0 Å². The maximum atomic E-state index is 4.79. The molecule has 0 saturated carbocycles. The van der Waals surface area contributed by atoms with Crippen LogP contribution >= 0.6 is 27.3 Å². The van der Waals surface area contributed by atoms with Crippen LogP contribution in [0.15, 0.2) is 28.7 Å². The molecule has 0 N–H and O–H groups in total. The molecule has 0 aliphatic heterocycles. The van der Waals surface area contributed by atoms with Crippen LogP contribution in [0.3, 0.4) is 0 Å². The topological polar surface area (TPSA) is 16.1 Å². The van der Waals surface area contributed by atoms with E-state index in [-0.39, 0.29) is 0 Å². The van der Waals surface area contributed by atoms with Gasteiger partial charge in [-0.25, -0.2) is 4.98 Å². The van der Waals surface area contributed by atoms with Gasteiger partial charge in [0.05, 0.1) is 5.69 Å². The summed E-state index contributed by atoms with van der Waals surface area (Å²) in [6, 6.07) is 8.32. The second-order valence-corrected chi connectivity index (χ2v) is 6.18. The lowest BCUT2D eigenvalue weighted by Gasteiger charge is -2.16. The number of hydrogen-bond donors (Lipinski definition) is 0. The molecule has 1 aromatic carbocycles. The summed E-state index contributed by atoms with van der Waals surface area (Å²) in [5, 5.41) is 1.12. The molecule has 0 amide bonds. The molecule has 0 aliphatic carbocycles. The van der Waals surface area contributed by atoms with Crippen LogP contribution in [0.25, 0.3) is 11.3 Å². The van der Waals surface area contributed by atoms with Crippen molar-refractivity contribution in [2.45, 2.75) is 20.8 Å². The van der Waals surface area contributed by atoms with E-state index in [9.17, 15) is 0 Å². The maximum absolute atomic E-state index is 4.79. The molecule has 18 heavy (non-hydrogen) atoms. The van der Waals surface area contributed by atoms with Gasteiger partial charge in [0.1, 0.15) is 0 Å². The molecule has 0 radical (unpaired) electrons. The minimum Gasteiger partial charge on any atom is -0.349 e. The van der Waals surface area contributed by atoms with E-state index in [1.807, 2.05) is 6.07 Å². The van der Waals surface area contributed by atoms with Gasteiger partial charge in [0.15, 0.2) is 5.13 Å². The minimum absolute atomic E-state index is 1.00. The van der Waals surface area contributed by atoms with Gasteiger partial charge in [-0.05, 0) is 32.9 Å². The lowest BCUT2D eigenvalue weighted by molar-refractivity contribution is 0.860. The minimum atomic E-state index is 1.00. The second-order valence-electron chi connectivity index (χ2n) is 4.08. The van der Waals surface area contributed by atoms with Crippen LogP contribution in [0, 0.1) is 6.92 Å². The fraction of sp³-hybridized carbons (Fsp3) is 0.357. The smallest absolute Gasteiger partial charge is 0.186 e. The third kappa shape index (κ3) is 2.75. The Hall–Kier alpha value is -0.870. The zero-order valence-electron chi connectivity index (χ0n) is 10.9. The van der Waals surface area contributed by atoms with Crippen LogP contribution in [0.2, 0.25) is 0 Å². The molecule has 0 atom stereocenters. The van der Waals surface area contributed by atoms with Crippen molar-refractivity contribution < 1.29 is 0 Å². The highest BCUT2D eigenvalue weighted by molar-refractivity contribution is 9.10. The van der Waals surface area contributed by atoms with E-state index >= 15 is 0 Å². The lowest BCUT2D eigenvalue weighted by atomic mass is 10.1. The Morgan fingerprint density at radius 2 is 2.00 bits per heavy atom. The molecule has 0 fully saturated rings. The fourth-order valence-electron chi connectivity index (χ4n) is 1.92. The number of rotatable bonds is 4. The summed E-state index contributed by atoms with van der Waals surface area (Å²) in [4.78, 5) is 8.35. The molecule has 0 saturated heterocycles. The highest BCUT2D eigenvalue weighted by atomic mass is 79.9. The number of aromatic nitrogens is 1. The molecule has 96 valence electrons. The summed E-state index contributed by atoms with van der Waals surface area (Å²) in [7, 11) is 0. The van der Waals surface area contributed by atoms with Crippen molar-refractivity contribution >= 4 is 32.4 Å². The molecule has 4 heteroatoms. The van der Waals surface area contributed by atoms with Crippen LogP contribution in [-0.4, -0.2) is 18.1 Å². The van der Waals surface area contributed by atoms with Gasteiger partial charge < -0.3 is 4.90 Å². The lowest BCUT2D eigenvalue weighted by Crippen LogP contribution is -2.21. The fourth-order valence-corrected chi connectivity index (χ4v) is 3.37. The number of benzene rings is 1. The zero-order chi connectivity index (χ0) is 13.1. The first-order valence-electron chi connectivity index (χ1n) is 6.14. The van der Waals surface area contributed by atoms with Gasteiger partial charge in [-0.1, -0.05) is 28.1 Å². The molecule has 2 rings (SSSR count). The number of anilines is 1. The average Bonchev–Trinajstić information content (AvgIpc) is 2.73. The van der Waals surface area contributed by atoms with Gasteiger partial charge in [0, 0.05) is 28.0 Å². The first kappa shape index (κ1) is 13.6. The van der Waals surface area contributed by atoms with E-state index in [1.165, 1.54) is 10.4 Å². The van der Waals surface area contributed by atoms with Crippen molar-refractivity contribution in [2.75, 3.05) is 18.0 Å². The van der Waals surface area contributed by atoms with Crippen molar-refractivity contribution in [2.24, 2.45) is 0 Å². The largest absolute Gasteiger partial charge is 0.349 e. The van der Waals surface area contributed by atoms with Gasteiger partial charge in [-0.3, -0.25) is 0 Å². The molecule has 1 heterocycles. The summed E-state index contributed by atoms with van der Waals surface area (Å²) < 4.78 is 1.09. The van der Waals surface area contributed by atoms with Crippen LogP contribution in [-0.2, 0) is 0 Å². The quantitative estimate of drug-likeness (QED) is 0.808. The monoisotopic (exact) mass is 324 g/mol. The summed E-state index contributed by atoms with van der Waals surface area (Å²) in [5.74, 6) is 0. The average molecular weight is 325 g/mol. The first-order valence-corrected chi connectivity index (χ1v) is 7.75. The molecule has 1 aromatic heterocycles. The summed E-state index contributed by atoms with van der Waals surface area (Å²) in [6.45, 7) is 8.47. The predicted octanol–water partition coefficient (Wildman–Crippen LogP) is 4.73. The van der Waals surface area contributed by atoms with E-state index in [4.69, 9.17) is 4.98 Å². The summed E-state index contributed by atoms with van der Waals surface area (Å²) >= 11 is 5.28. The SMILES string of the molecule is CCN(CC)c1nc(-c2cccc(Br)c2)c(C)s1. The van der Waals surface area contributed by atoms with Crippen LogP contribution < -0.4 is 4.90 Å². The number of nitrogens with zero attached hydrogens (tertiary/aromatic N) is 2. The Morgan fingerprint density at radius 3 is 2.61 bits per heavy atom. The number of hydrogen-bond acceptors (Lipinski definition) is 3. The van der Waals surface area contributed by atoms with Crippen molar-refractivity contribution in [3.8, 4) is 11.3 Å². The molecule has 0 spiro atoms. The Morgan fingerprint density at radius 1 is 1.28 bits per heavy atom. The van der Waals surface area contributed by atoms with Gasteiger partial charge in [0.2, 0.25) is 0 Å². The molecule has 2 aromatic rings. The second kappa shape index (κ2) is 5.85. The van der Waals surface area contributed by atoms with E-state index in [0.717, 1.165) is 28.4 Å². The van der Waals surface area contributed by atoms with Gasteiger partial charge in [-0.2, -0.15) is 0 Å². The number of thiazole rings is 1. The predicted molar refractivity (Wildman–Crippen MR) is 83.5 cm³/mol. The molecule has 0 aliphatic rings. The summed E-state index contributed by atoms with van der Waals surface area (Å²) in [6.07, 6.45) is 0. The maximum Gasteiger partial charge on any atom is 0.186 e. The van der Waals surface area contributed by atoms with E-state index < -0.39 is 0 Å². The molecule has 0 bridgehead atoms. The first-order chi connectivity index (χ1) is 8.65. The standard InChI is InChI=1S/C14H17BrN2S/c1-4-17(5-2)14-16-13(10(3)18-14)11-7-6-8-12(15)9-11/h6-9H,4-5H2,1-3H3. The van der Waals surface area contributed by atoms with Crippen LogP contribution in [0.4, 0.5) is 5.13 Å². The van der Waals surface area contributed by atoms with Crippen molar-refractivity contribution in [3.05, 3.63) is 33.6 Å². The van der Waals surface area contributed by atoms with E-state index in [2.05, 4.69) is 59.8 Å². The highest BCUT2D eigenvalue weighted by Gasteiger charge is 2.13. The Labute approximate surface area is 121 Å². The summed E-state index contributed by atoms with van der Waals surface area (Å²) in [5.41, 5.74) is 2.28. The normalized spacial score (nSPS) is 10.7. The van der Waals surface area contributed by atoms with E-state index in [1.54, 1.807) is 11.3 Å². The zero-order valence-corrected chi connectivity index (χ0v) is 13.3. The third-order valence-corrected chi connectivity index (χ3v) is 4.44. The third-order valence-electron chi connectivity index (χ3n) is 2.92. The molecular formula is C14H17BrN2S. The van der Waals surface area contributed by atoms with Gasteiger partial charge in [0.25, 0.3) is 0 Å². The Bertz CT molecular complexity index is 532. The molecule has 2 nitrogen and oxygen atoms in total. The van der Waals surface area contributed by atoms with Crippen LogP contribution in [0.1, 0.15) is 18.7 Å². The highest BCUT2D eigenvalue weighted by Crippen LogP contribution is 2.33. The van der Waals surface area contributed by atoms with Crippen LogP contribution in [0.5, 0.6) is 0 Å². The van der Waals surface area contributed by atoms with Crippen molar-refractivity contribution in [1.29, 1.82) is 0 Å². The number of halogens is 1. The van der Waals surface area contributed by atoms with Crippen molar-refractivity contribution in [1.82, 2.24) is 4.98 Å². The van der Waals surface area contributed by atoms with E-state index in [0.29, 0.717) is 0 Å². The Kier molecular flexibility index (Phi) is 4.40. The van der Waals surface area contributed by atoms with Gasteiger partial charge in [-0.15, -0.1) is 11.3 Å². The number of aryl methyl sites for hydroxylation is 1.